The second-order valence-electron chi connectivity index (χ2n) is 18.9. The molecule has 2 atom stereocenters. The number of ether oxygens (including phenoxy) is 3. The zero-order chi connectivity index (χ0) is 47.7. The Hall–Kier alpha value is -3.23. The molecule has 0 heterocycles. The van der Waals surface area contributed by atoms with Gasteiger partial charge in [0.1, 0.15) is 6.61 Å². The number of aliphatic carboxylic acids is 1. The summed E-state index contributed by atoms with van der Waals surface area (Å²) in [6, 6.07) is -0.624. The molecule has 0 spiro atoms. The van der Waals surface area contributed by atoms with E-state index in [9.17, 15) is 19.5 Å². The zero-order valence-corrected chi connectivity index (χ0v) is 42.7. The van der Waals surface area contributed by atoms with Crippen LogP contribution in [0.15, 0.2) is 72.9 Å². The number of hydrogen-bond acceptors (Lipinski definition) is 6. The van der Waals surface area contributed by atoms with Gasteiger partial charge in [-0.1, -0.05) is 215 Å². The maximum atomic E-state index is 12.8. The molecular weight excluding hydrogens is 811 g/mol. The molecule has 0 amide bonds. The Labute approximate surface area is 400 Å². The second kappa shape index (κ2) is 47.3. The highest BCUT2D eigenvalue weighted by molar-refractivity contribution is 5.72. The van der Waals surface area contributed by atoms with E-state index in [-0.39, 0.29) is 36.2 Å². The number of carbonyl (C=O) groups excluding carboxylic acids is 2. The maximum absolute atomic E-state index is 12.8. The highest BCUT2D eigenvalue weighted by atomic mass is 16.6. The predicted molar refractivity (Wildman–Crippen MR) is 275 cm³/mol. The maximum Gasteiger partial charge on any atom is 0.362 e. The summed E-state index contributed by atoms with van der Waals surface area (Å²) in [5.41, 5.74) is 0. The molecule has 0 bridgehead atoms. The third-order valence-electron chi connectivity index (χ3n) is 11.7. The summed E-state index contributed by atoms with van der Waals surface area (Å²) in [5, 5.41) is 9.66. The van der Waals surface area contributed by atoms with Crippen LogP contribution >= 0.6 is 0 Å². The van der Waals surface area contributed by atoms with Crippen LogP contribution in [0.5, 0.6) is 0 Å². The van der Waals surface area contributed by atoms with E-state index in [2.05, 4.69) is 50.3 Å². The van der Waals surface area contributed by atoms with Crippen molar-refractivity contribution in [2.24, 2.45) is 0 Å². The van der Waals surface area contributed by atoms with E-state index in [0.717, 1.165) is 64.2 Å². The number of quaternary nitrogens is 1. The van der Waals surface area contributed by atoms with E-state index in [1.54, 1.807) is 0 Å². The van der Waals surface area contributed by atoms with Gasteiger partial charge in [0.15, 0.2) is 12.1 Å². The first-order valence-electron chi connectivity index (χ1n) is 26.5. The fourth-order valence-corrected chi connectivity index (χ4v) is 7.59. The predicted octanol–water partition coefficient (Wildman–Crippen LogP) is 15.5. The Bertz CT molecular complexity index is 1290. The van der Waals surface area contributed by atoms with Crippen LogP contribution in [0.25, 0.3) is 0 Å². The third kappa shape index (κ3) is 45.7. The van der Waals surface area contributed by atoms with Crippen molar-refractivity contribution in [2.75, 3.05) is 41.0 Å². The molecule has 0 rings (SSSR count). The van der Waals surface area contributed by atoms with Crippen LogP contribution in [0.1, 0.15) is 219 Å². The van der Waals surface area contributed by atoms with E-state index >= 15 is 0 Å². The minimum Gasteiger partial charge on any atom is -0.477 e. The van der Waals surface area contributed by atoms with Gasteiger partial charge in [0.05, 0.1) is 34.4 Å². The standard InChI is InChI=1S/C57H99NO7/c1-6-8-10-12-14-16-18-20-22-24-26-27-28-29-30-32-34-36-38-40-42-44-46-48-56(60)65-53(51-63-50-49-54(57(61)62)58(3,4)5)52-64-55(59)47-45-43-41-39-37-35-33-31-25-23-21-19-17-15-13-11-9-7-2/h11,13,15,17,19,21,23,25,29-31,33,53-54H,6-10,12,14,16,18,20,22,24,26-28,32,34-52H2,1-5H3/p+1/b13-11+,17-15+,21-19+,25-23+,30-29+,33-31+. The summed E-state index contributed by atoms with van der Waals surface area (Å²) in [7, 11) is 5.52. The smallest absolute Gasteiger partial charge is 0.362 e. The van der Waals surface area contributed by atoms with Crippen molar-refractivity contribution in [3.05, 3.63) is 72.9 Å². The number of hydrogen-bond donors (Lipinski definition) is 1. The number of esters is 2. The molecule has 0 saturated carbocycles. The largest absolute Gasteiger partial charge is 0.477 e. The molecule has 65 heavy (non-hydrogen) atoms. The lowest BCUT2D eigenvalue weighted by Crippen LogP contribution is -2.50. The number of nitrogens with zero attached hydrogens (tertiary/aromatic N) is 1. The highest BCUT2D eigenvalue weighted by Gasteiger charge is 2.31. The number of allylic oxidation sites excluding steroid dienone is 12. The minimum atomic E-state index is -0.881. The minimum absolute atomic E-state index is 0.0480. The molecule has 0 aromatic rings. The molecule has 1 N–H and O–H groups in total. The van der Waals surface area contributed by atoms with Gasteiger partial charge < -0.3 is 23.8 Å². The molecule has 2 unspecified atom stereocenters. The first-order valence-corrected chi connectivity index (χ1v) is 26.5. The molecule has 0 aliphatic heterocycles. The van der Waals surface area contributed by atoms with E-state index in [4.69, 9.17) is 14.2 Å². The van der Waals surface area contributed by atoms with Crippen LogP contribution in [0.2, 0.25) is 0 Å². The molecular formula is C57H100NO7+. The van der Waals surface area contributed by atoms with Crippen molar-refractivity contribution in [2.45, 2.75) is 231 Å². The summed E-state index contributed by atoms with van der Waals surface area (Å²) in [6.45, 7) is 4.63. The lowest BCUT2D eigenvalue weighted by molar-refractivity contribution is -0.887. The summed E-state index contributed by atoms with van der Waals surface area (Å²) in [5.74, 6) is -1.50. The van der Waals surface area contributed by atoms with Crippen molar-refractivity contribution in [3.8, 4) is 0 Å². The lowest BCUT2D eigenvalue weighted by Gasteiger charge is -2.31. The SMILES string of the molecule is CCC/C=C/C=C/C=C/C=C/C=C/CCCCCCCC(=O)OCC(COCCC(C(=O)O)[N+](C)(C)C)OC(=O)CCCCCCCCC/C=C/CCCCCCCCCCCCCC. The number of rotatable bonds is 47. The van der Waals surface area contributed by atoms with Gasteiger partial charge in [0.25, 0.3) is 0 Å². The van der Waals surface area contributed by atoms with Gasteiger partial charge in [-0.25, -0.2) is 4.79 Å². The van der Waals surface area contributed by atoms with Crippen LogP contribution in [0, 0.1) is 0 Å². The first-order chi connectivity index (χ1) is 31.6. The van der Waals surface area contributed by atoms with E-state index < -0.39 is 18.1 Å². The number of carboxylic acid groups (broad SMARTS) is 1. The quantitative estimate of drug-likeness (QED) is 0.0213. The summed E-state index contributed by atoms with van der Waals surface area (Å²) >= 11 is 0. The molecule has 0 fully saturated rings. The van der Waals surface area contributed by atoms with Gasteiger partial charge >= 0.3 is 17.9 Å². The van der Waals surface area contributed by atoms with Crippen LogP contribution in [-0.4, -0.2) is 80.6 Å². The average Bonchev–Trinajstić information content (AvgIpc) is 3.27. The zero-order valence-electron chi connectivity index (χ0n) is 42.7. The number of carboxylic acids is 1. The van der Waals surface area contributed by atoms with Gasteiger partial charge in [-0.05, 0) is 57.8 Å². The van der Waals surface area contributed by atoms with Gasteiger partial charge in [-0.2, -0.15) is 0 Å². The Kier molecular flexibility index (Phi) is 44.9. The van der Waals surface area contributed by atoms with E-state index in [1.807, 2.05) is 57.6 Å². The fraction of sp³-hybridized carbons (Fsp3) is 0.737. The van der Waals surface area contributed by atoms with Crippen molar-refractivity contribution >= 4 is 17.9 Å². The van der Waals surface area contributed by atoms with Crippen LogP contribution in [0.4, 0.5) is 0 Å². The Morgan fingerprint density at radius 2 is 0.862 bits per heavy atom. The average molecular weight is 911 g/mol. The summed E-state index contributed by atoms with van der Waals surface area (Å²) in [6.07, 6.45) is 61.0. The van der Waals surface area contributed by atoms with Crippen molar-refractivity contribution < 1.29 is 38.2 Å². The van der Waals surface area contributed by atoms with Gasteiger partial charge in [-0.3, -0.25) is 9.59 Å². The Morgan fingerprint density at radius 1 is 0.462 bits per heavy atom. The van der Waals surface area contributed by atoms with Crippen LogP contribution < -0.4 is 0 Å². The van der Waals surface area contributed by atoms with Crippen LogP contribution in [-0.2, 0) is 28.6 Å². The van der Waals surface area contributed by atoms with E-state index in [0.29, 0.717) is 19.3 Å². The molecule has 0 saturated heterocycles. The third-order valence-corrected chi connectivity index (χ3v) is 11.7. The molecule has 0 radical (unpaired) electrons. The molecule has 0 aromatic carbocycles. The van der Waals surface area contributed by atoms with Gasteiger partial charge in [-0.15, -0.1) is 0 Å². The monoisotopic (exact) mass is 911 g/mol. The summed E-state index contributed by atoms with van der Waals surface area (Å²) in [4.78, 5) is 37.2. The Balaban J connectivity index is 4.27. The summed E-state index contributed by atoms with van der Waals surface area (Å²) < 4.78 is 17.3. The van der Waals surface area contributed by atoms with Gasteiger partial charge in [0.2, 0.25) is 0 Å². The van der Waals surface area contributed by atoms with Crippen molar-refractivity contribution in [1.29, 1.82) is 0 Å². The molecule has 8 heteroatoms. The van der Waals surface area contributed by atoms with Crippen LogP contribution in [0.3, 0.4) is 0 Å². The highest BCUT2D eigenvalue weighted by Crippen LogP contribution is 2.15. The Morgan fingerprint density at radius 3 is 1.31 bits per heavy atom. The number of unbranched alkanes of at least 4 members (excludes halogenated alkanes) is 25. The topological polar surface area (TPSA) is 99.1 Å². The molecule has 8 nitrogen and oxygen atoms in total. The molecule has 374 valence electrons. The fourth-order valence-electron chi connectivity index (χ4n) is 7.59. The lowest BCUT2D eigenvalue weighted by atomic mass is 10.0. The number of likely N-dealkylation sites (N-methyl/N-ethyl adjacent to an activating group) is 1. The first kappa shape index (κ1) is 61.8. The van der Waals surface area contributed by atoms with Crippen molar-refractivity contribution in [3.63, 3.8) is 0 Å². The second-order valence-corrected chi connectivity index (χ2v) is 18.9. The molecule has 0 aliphatic rings. The molecule has 0 aromatic heterocycles. The van der Waals surface area contributed by atoms with E-state index in [1.165, 1.54) is 122 Å². The van der Waals surface area contributed by atoms with Gasteiger partial charge in [0, 0.05) is 19.3 Å². The molecule has 0 aliphatic carbocycles. The number of carbonyl (C=O) groups is 3. The normalized spacial score (nSPS) is 13.4. The van der Waals surface area contributed by atoms with Crippen molar-refractivity contribution in [1.82, 2.24) is 0 Å².